The monoisotopic (exact) mass is 415 g/mol. The molecule has 3 nitrogen and oxygen atoms in total. The van der Waals surface area contributed by atoms with Gasteiger partial charge < -0.3 is 0 Å². The van der Waals surface area contributed by atoms with Crippen LogP contribution in [0, 0.1) is 0 Å². The first kappa shape index (κ1) is 17.8. The Balaban J connectivity index is 2.57. The fourth-order valence-corrected chi connectivity index (χ4v) is 4.04. The minimum atomic E-state index is -5.26. The summed E-state index contributed by atoms with van der Waals surface area (Å²) in [4.78, 5) is 2.57. The summed E-state index contributed by atoms with van der Waals surface area (Å²) in [5, 5.41) is -4.32. The maximum atomic E-state index is 14.3. The second kappa shape index (κ2) is 5.82. The number of benzene rings is 1. The number of hydrogen-bond donors (Lipinski definition) is 0. The van der Waals surface area contributed by atoms with Gasteiger partial charge >= 0.3 is 11.4 Å². The summed E-state index contributed by atoms with van der Waals surface area (Å²) >= 11 is 2.62. The molecule has 1 heterocycles. The van der Waals surface area contributed by atoms with E-state index in [1.807, 2.05) is 0 Å². The van der Waals surface area contributed by atoms with Gasteiger partial charge in [0.2, 0.25) is 9.84 Å². The van der Waals surface area contributed by atoms with Crippen molar-refractivity contribution in [3.05, 3.63) is 58.3 Å². The molecule has 0 spiro atoms. The number of rotatable bonds is 3. The van der Waals surface area contributed by atoms with E-state index in [4.69, 9.17) is 0 Å². The highest BCUT2D eigenvalue weighted by atomic mass is 79.9. The highest BCUT2D eigenvalue weighted by Gasteiger charge is 2.48. The Morgan fingerprint density at radius 3 is 1.96 bits per heavy atom. The predicted molar refractivity (Wildman–Crippen MR) is 74.5 cm³/mol. The number of aromatic nitrogens is 1. The van der Waals surface area contributed by atoms with Gasteiger partial charge in [-0.1, -0.05) is 0 Å². The topological polar surface area (TPSA) is 47.0 Å². The zero-order chi connectivity index (χ0) is 17.5. The third kappa shape index (κ3) is 3.23. The van der Waals surface area contributed by atoms with Crippen molar-refractivity contribution in [3.8, 4) is 0 Å². The van der Waals surface area contributed by atoms with E-state index in [0.717, 1.165) is 24.5 Å². The highest BCUT2D eigenvalue weighted by molar-refractivity contribution is 9.10. The molecular formula is C13H7BrF5NO2S. The van der Waals surface area contributed by atoms with E-state index in [2.05, 4.69) is 20.9 Å². The Morgan fingerprint density at radius 2 is 1.48 bits per heavy atom. The molecule has 2 aromatic rings. The molecule has 0 radical (unpaired) electrons. The summed E-state index contributed by atoms with van der Waals surface area (Å²) in [6.45, 7) is 0. The summed E-state index contributed by atoms with van der Waals surface area (Å²) < 4.78 is 90.0. The lowest BCUT2D eigenvalue weighted by Crippen LogP contribution is -2.27. The molecule has 0 saturated heterocycles. The van der Waals surface area contributed by atoms with Crippen LogP contribution < -0.4 is 0 Å². The molecule has 0 unspecified atom stereocenters. The van der Waals surface area contributed by atoms with Crippen molar-refractivity contribution in [1.82, 2.24) is 4.98 Å². The third-order valence-electron chi connectivity index (χ3n) is 2.90. The molecule has 10 heteroatoms. The van der Waals surface area contributed by atoms with E-state index in [-0.39, 0.29) is 0 Å². The van der Waals surface area contributed by atoms with Gasteiger partial charge in [0.25, 0.3) is 0 Å². The Morgan fingerprint density at radius 1 is 0.913 bits per heavy atom. The van der Waals surface area contributed by atoms with Gasteiger partial charge in [0.05, 0.1) is 10.5 Å². The molecule has 0 aliphatic rings. The van der Waals surface area contributed by atoms with Crippen LogP contribution in [0.25, 0.3) is 0 Å². The second-order valence-electron chi connectivity index (χ2n) is 4.40. The highest BCUT2D eigenvalue weighted by Crippen LogP contribution is 2.42. The summed E-state index contributed by atoms with van der Waals surface area (Å²) in [7, 11) is -5.26. The van der Waals surface area contributed by atoms with Crippen molar-refractivity contribution in [2.24, 2.45) is 0 Å². The fraction of sp³-hybridized carbons (Fsp3) is 0.154. The maximum Gasteiger partial charge on any atom is 0.416 e. The van der Waals surface area contributed by atoms with Crippen LogP contribution in [0.5, 0.6) is 0 Å². The smallest absolute Gasteiger partial charge is 0.265 e. The van der Waals surface area contributed by atoms with Gasteiger partial charge in [0, 0.05) is 22.4 Å². The van der Waals surface area contributed by atoms with Gasteiger partial charge in [-0.2, -0.15) is 22.0 Å². The first-order valence-corrected chi connectivity index (χ1v) is 8.15. The van der Waals surface area contributed by atoms with Crippen LogP contribution in [0.1, 0.15) is 11.1 Å². The van der Waals surface area contributed by atoms with Crippen LogP contribution in [0.3, 0.4) is 0 Å². The summed E-state index contributed by atoms with van der Waals surface area (Å²) in [5.41, 5.74) is -1.99. The second-order valence-corrected chi connectivity index (χ2v) is 7.21. The normalized spacial score (nSPS) is 13.1. The summed E-state index contributed by atoms with van der Waals surface area (Å²) in [5.74, 6) is 0. The van der Waals surface area contributed by atoms with E-state index < -0.39 is 41.8 Å². The molecule has 0 aliphatic carbocycles. The van der Waals surface area contributed by atoms with Gasteiger partial charge in [0.1, 0.15) is 0 Å². The van der Waals surface area contributed by atoms with Crippen LogP contribution >= 0.6 is 15.9 Å². The maximum absolute atomic E-state index is 14.3. The van der Waals surface area contributed by atoms with E-state index in [1.54, 1.807) is 0 Å². The number of alkyl halides is 5. The van der Waals surface area contributed by atoms with E-state index in [9.17, 15) is 30.4 Å². The molecule has 1 aromatic heterocycles. The van der Waals surface area contributed by atoms with Gasteiger partial charge in [-0.15, -0.1) is 0 Å². The van der Waals surface area contributed by atoms with Crippen LogP contribution in [-0.4, -0.2) is 13.4 Å². The number of halogens is 6. The molecule has 0 bridgehead atoms. The number of nitrogens with zero attached hydrogens (tertiary/aromatic N) is 1. The van der Waals surface area contributed by atoms with Gasteiger partial charge in [0.15, 0.2) is 0 Å². The number of hydrogen-bond acceptors (Lipinski definition) is 3. The predicted octanol–water partition coefficient (Wildman–Crippen LogP) is 4.39. The molecule has 1 aromatic carbocycles. The molecule has 0 aliphatic heterocycles. The molecular weight excluding hydrogens is 409 g/mol. The average Bonchev–Trinajstić information content (AvgIpc) is 2.46. The Kier molecular flexibility index (Phi) is 4.51. The van der Waals surface area contributed by atoms with Gasteiger partial charge in [-0.05, 0) is 46.3 Å². The van der Waals surface area contributed by atoms with Crippen molar-refractivity contribution >= 4 is 25.8 Å². The molecule has 124 valence electrons. The molecule has 2 rings (SSSR count). The molecule has 0 N–H and O–H groups in total. The summed E-state index contributed by atoms with van der Waals surface area (Å²) in [6, 6.07) is 3.00. The standard InChI is InChI=1S/C13H7BrF5NO2S/c14-10-7-9(12(15,16)17)1-2-11(10)23(21,22)13(18,19)8-3-5-20-6-4-8/h1-7H. The van der Waals surface area contributed by atoms with E-state index in [1.165, 1.54) is 0 Å². The Labute approximate surface area is 136 Å². The zero-order valence-corrected chi connectivity index (χ0v) is 13.4. The van der Waals surface area contributed by atoms with Crippen LogP contribution in [-0.2, 0) is 21.3 Å². The van der Waals surface area contributed by atoms with Crippen molar-refractivity contribution in [3.63, 3.8) is 0 Å². The zero-order valence-electron chi connectivity index (χ0n) is 11.0. The first-order valence-electron chi connectivity index (χ1n) is 5.87. The average molecular weight is 416 g/mol. The van der Waals surface area contributed by atoms with Gasteiger partial charge in [-0.25, -0.2) is 8.42 Å². The fourth-order valence-electron chi connectivity index (χ4n) is 1.73. The summed E-state index contributed by atoms with van der Waals surface area (Å²) in [6.07, 6.45) is -2.75. The third-order valence-corrected chi connectivity index (χ3v) is 5.67. The van der Waals surface area contributed by atoms with Gasteiger partial charge in [-0.3, -0.25) is 4.98 Å². The SMILES string of the molecule is O=S(=O)(c1ccc(C(F)(F)F)cc1Br)C(F)(F)c1ccncc1. The molecule has 0 amide bonds. The van der Waals surface area contributed by atoms with Crippen LogP contribution in [0.15, 0.2) is 52.1 Å². The van der Waals surface area contributed by atoms with Crippen molar-refractivity contribution in [2.75, 3.05) is 0 Å². The largest absolute Gasteiger partial charge is 0.416 e. The Hall–Kier alpha value is -1.55. The number of sulfone groups is 1. The lowest BCUT2D eigenvalue weighted by molar-refractivity contribution is -0.137. The molecule has 0 fully saturated rings. The van der Waals surface area contributed by atoms with Crippen LogP contribution in [0.2, 0.25) is 0 Å². The minimum Gasteiger partial charge on any atom is -0.265 e. The van der Waals surface area contributed by atoms with Crippen LogP contribution in [0.4, 0.5) is 22.0 Å². The minimum absolute atomic E-state index is 0.431. The first-order chi connectivity index (χ1) is 10.5. The molecule has 0 atom stereocenters. The molecule has 0 saturated carbocycles. The lowest BCUT2D eigenvalue weighted by Gasteiger charge is -2.18. The lowest BCUT2D eigenvalue weighted by atomic mass is 10.2. The number of pyridine rings is 1. The van der Waals surface area contributed by atoms with E-state index >= 15 is 0 Å². The van der Waals surface area contributed by atoms with E-state index in [0.29, 0.717) is 18.2 Å². The van der Waals surface area contributed by atoms with Crippen molar-refractivity contribution < 1.29 is 30.4 Å². The van der Waals surface area contributed by atoms with Crippen molar-refractivity contribution in [2.45, 2.75) is 16.3 Å². The Bertz CT molecular complexity index is 822. The van der Waals surface area contributed by atoms with Crippen molar-refractivity contribution in [1.29, 1.82) is 0 Å². The molecule has 23 heavy (non-hydrogen) atoms. The quantitative estimate of drug-likeness (QED) is 0.698.